The fraction of sp³-hybridized carbons (Fsp3) is 0. The minimum atomic E-state index is -5.16. The molecule has 0 heterocycles. The van der Waals surface area contributed by atoms with E-state index in [1.54, 1.807) is 60.7 Å². The van der Waals surface area contributed by atoms with Gasteiger partial charge in [0.2, 0.25) is 0 Å². The summed E-state index contributed by atoms with van der Waals surface area (Å²) in [6.07, 6.45) is 5.86. The molecule has 0 aromatic heterocycles. The first kappa shape index (κ1) is 23.2. The third kappa shape index (κ3) is 5.06. The first-order valence-electron chi connectivity index (χ1n) is 9.16. The molecule has 0 saturated heterocycles. The van der Waals surface area contributed by atoms with Gasteiger partial charge >= 0.3 is 0 Å². The molecule has 3 aromatic rings. The van der Waals surface area contributed by atoms with Crippen LogP contribution in [-0.4, -0.2) is 25.9 Å². The second kappa shape index (κ2) is 8.97. The number of hydrogen-bond acceptors (Lipinski definition) is 6. The van der Waals surface area contributed by atoms with Gasteiger partial charge in [0.05, 0.1) is 11.4 Å². The standard InChI is InChI=1S/C22H20N2O6S2/c23-19-17(13-11-15-7-3-1-4-8-15)18(14-12-16-9-5-2-6-10-16)21(31(25,26)27)22(20(19)24)32(28,29)30/h1-14H,23-24H2,(H,25,26,27)(H,28,29,30). The van der Waals surface area contributed by atoms with Crippen molar-refractivity contribution in [1.82, 2.24) is 0 Å². The number of anilines is 2. The zero-order chi connectivity index (χ0) is 23.5. The topological polar surface area (TPSA) is 161 Å². The number of nitrogen functional groups attached to an aromatic ring is 2. The molecule has 0 atom stereocenters. The lowest BCUT2D eigenvalue weighted by molar-refractivity contribution is 0.467. The molecular weight excluding hydrogens is 452 g/mol. The van der Waals surface area contributed by atoms with Gasteiger partial charge in [-0.25, -0.2) is 0 Å². The Kier molecular flexibility index (Phi) is 6.51. The predicted molar refractivity (Wildman–Crippen MR) is 126 cm³/mol. The molecule has 0 radical (unpaired) electrons. The largest absolute Gasteiger partial charge is 0.397 e. The van der Waals surface area contributed by atoms with Gasteiger partial charge in [-0.3, -0.25) is 9.11 Å². The van der Waals surface area contributed by atoms with E-state index in [9.17, 15) is 25.9 Å². The molecule has 0 aliphatic heterocycles. The van der Waals surface area contributed by atoms with Crippen LogP contribution in [0.1, 0.15) is 22.3 Å². The van der Waals surface area contributed by atoms with E-state index < -0.39 is 35.7 Å². The molecule has 0 saturated carbocycles. The Morgan fingerprint density at radius 1 is 0.562 bits per heavy atom. The SMILES string of the molecule is Nc1c(N)c(S(=O)(=O)O)c(S(=O)(=O)O)c(C=Cc2ccccc2)c1C=Cc1ccccc1. The van der Waals surface area contributed by atoms with Crippen LogP contribution in [0.3, 0.4) is 0 Å². The van der Waals surface area contributed by atoms with Crippen molar-refractivity contribution in [2.45, 2.75) is 9.79 Å². The first-order chi connectivity index (χ1) is 15.0. The minimum Gasteiger partial charge on any atom is -0.397 e. The Morgan fingerprint density at radius 3 is 1.38 bits per heavy atom. The molecule has 0 amide bonds. The molecule has 8 nitrogen and oxygen atoms in total. The average Bonchev–Trinajstić information content (AvgIpc) is 2.73. The summed E-state index contributed by atoms with van der Waals surface area (Å²) in [5, 5.41) is 0. The van der Waals surface area contributed by atoms with Crippen LogP contribution in [0.5, 0.6) is 0 Å². The Balaban J connectivity index is 2.41. The summed E-state index contributed by atoms with van der Waals surface area (Å²) >= 11 is 0. The maximum atomic E-state index is 12.2. The zero-order valence-electron chi connectivity index (χ0n) is 16.6. The Labute approximate surface area is 186 Å². The van der Waals surface area contributed by atoms with E-state index in [-0.39, 0.29) is 16.8 Å². The van der Waals surface area contributed by atoms with Crippen molar-refractivity contribution in [3.05, 3.63) is 82.9 Å². The molecule has 3 rings (SSSR count). The van der Waals surface area contributed by atoms with Gasteiger partial charge in [0.1, 0.15) is 9.79 Å². The lowest BCUT2D eigenvalue weighted by atomic mass is 10.0. The number of hydrogen-bond donors (Lipinski definition) is 4. The molecule has 0 unspecified atom stereocenters. The number of benzene rings is 3. The van der Waals surface area contributed by atoms with E-state index in [2.05, 4.69) is 0 Å². The molecular formula is C22H20N2O6S2. The van der Waals surface area contributed by atoms with E-state index in [1.807, 2.05) is 6.07 Å². The summed E-state index contributed by atoms with van der Waals surface area (Å²) in [7, 11) is -10.3. The van der Waals surface area contributed by atoms with Crippen molar-refractivity contribution >= 4 is 55.9 Å². The quantitative estimate of drug-likeness (QED) is 0.240. The maximum Gasteiger partial charge on any atom is 0.298 e. The Morgan fingerprint density at radius 2 is 0.969 bits per heavy atom. The highest BCUT2D eigenvalue weighted by Crippen LogP contribution is 2.40. The van der Waals surface area contributed by atoms with Crippen LogP contribution >= 0.6 is 0 Å². The second-order valence-corrected chi connectivity index (χ2v) is 9.47. The highest BCUT2D eigenvalue weighted by atomic mass is 32.2. The molecule has 32 heavy (non-hydrogen) atoms. The molecule has 0 bridgehead atoms. The predicted octanol–water partition coefficient (Wildman–Crippen LogP) is 3.69. The lowest BCUT2D eigenvalue weighted by Crippen LogP contribution is -2.16. The smallest absolute Gasteiger partial charge is 0.298 e. The van der Waals surface area contributed by atoms with E-state index in [4.69, 9.17) is 11.5 Å². The van der Waals surface area contributed by atoms with Crippen LogP contribution in [0, 0.1) is 0 Å². The molecule has 0 spiro atoms. The molecule has 0 fully saturated rings. The zero-order valence-corrected chi connectivity index (χ0v) is 18.2. The van der Waals surface area contributed by atoms with Crippen LogP contribution < -0.4 is 11.5 Å². The Hall–Kier alpha value is -3.44. The maximum absolute atomic E-state index is 12.2. The van der Waals surface area contributed by atoms with Gasteiger partial charge in [-0.1, -0.05) is 85.0 Å². The van der Waals surface area contributed by atoms with Crippen LogP contribution in [0.15, 0.2) is 70.5 Å². The number of rotatable bonds is 6. The molecule has 0 aliphatic carbocycles. The fourth-order valence-corrected chi connectivity index (χ4v) is 5.29. The van der Waals surface area contributed by atoms with Crippen LogP contribution in [-0.2, 0) is 20.2 Å². The van der Waals surface area contributed by atoms with E-state index in [0.29, 0.717) is 5.56 Å². The highest BCUT2D eigenvalue weighted by molar-refractivity contribution is 7.89. The van der Waals surface area contributed by atoms with Crippen LogP contribution in [0.4, 0.5) is 11.4 Å². The van der Waals surface area contributed by atoms with Crippen LogP contribution in [0.25, 0.3) is 24.3 Å². The minimum absolute atomic E-state index is 0.0542. The molecule has 166 valence electrons. The van der Waals surface area contributed by atoms with Crippen molar-refractivity contribution in [3.63, 3.8) is 0 Å². The van der Waals surface area contributed by atoms with Crippen molar-refractivity contribution in [2.75, 3.05) is 11.5 Å². The summed E-state index contributed by atoms with van der Waals surface area (Å²) in [5.41, 5.74) is 12.1. The summed E-state index contributed by atoms with van der Waals surface area (Å²) in [5.74, 6) is 0. The summed E-state index contributed by atoms with van der Waals surface area (Å²) in [6, 6.07) is 17.7. The molecule has 6 N–H and O–H groups in total. The first-order valence-corrected chi connectivity index (χ1v) is 12.0. The number of nitrogens with two attached hydrogens (primary N) is 2. The van der Waals surface area contributed by atoms with Crippen LogP contribution in [0.2, 0.25) is 0 Å². The molecule has 3 aromatic carbocycles. The van der Waals surface area contributed by atoms with Gasteiger partial charge in [0.25, 0.3) is 20.2 Å². The van der Waals surface area contributed by atoms with Gasteiger partial charge in [-0.15, -0.1) is 0 Å². The normalized spacial score (nSPS) is 12.6. The van der Waals surface area contributed by atoms with E-state index in [1.165, 1.54) is 18.2 Å². The van der Waals surface area contributed by atoms with E-state index in [0.717, 1.165) is 5.56 Å². The van der Waals surface area contributed by atoms with Crippen molar-refractivity contribution < 1.29 is 25.9 Å². The summed E-state index contributed by atoms with van der Waals surface area (Å²) in [6.45, 7) is 0. The van der Waals surface area contributed by atoms with Crippen molar-refractivity contribution in [1.29, 1.82) is 0 Å². The van der Waals surface area contributed by atoms with Gasteiger partial charge < -0.3 is 11.5 Å². The second-order valence-electron chi connectivity index (χ2n) is 6.75. The Bertz CT molecular complexity index is 1410. The monoisotopic (exact) mass is 472 g/mol. The van der Waals surface area contributed by atoms with Gasteiger partial charge in [-0.2, -0.15) is 16.8 Å². The highest BCUT2D eigenvalue weighted by Gasteiger charge is 2.33. The molecule has 10 heteroatoms. The van der Waals surface area contributed by atoms with Gasteiger partial charge in [0, 0.05) is 11.1 Å². The van der Waals surface area contributed by atoms with E-state index >= 15 is 0 Å². The lowest BCUT2D eigenvalue weighted by Gasteiger charge is -2.17. The molecule has 0 aliphatic rings. The van der Waals surface area contributed by atoms with Gasteiger partial charge in [0.15, 0.2) is 0 Å². The van der Waals surface area contributed by atoms with Crippen molar-refractivity contribution in [2.24, 2.45) is 0 Å². The van der Waals surface area contributed by atoms with Gasteiger partial charge in [-0.05, 0) is 11.1 Å². The third-order valence-corrected chi connectivity index (χ3v) is 6.58. The average molecular weight is 473 g/mol. The van der Waals surface area contributed by atoms with Crippen molar-refractivity contribution in [3.8, 4) is 0 Å². The fourth-order valence-electron chi connectivity index (χ4n) is 3.12. The summed E-state index contributed by atoms with van der Waals surface area (Å²) < 4.78 is 68.0. The summed E-state index contributed by atoms with van der Waals surface area (Å²) in [4.78, 5) is -2.24. The third-order valence-electron chi connectivity index (χ3n) is 4.57.